The van der Waals surface area contributed by atoms with Crippen molar-refractivity contribution >= 4 is 27.3 Å². The number of ether oxygens (including phenoxy) is 1. The van der Waals surface area contributed by atoms with Crippen molar-refractivity contribution in [2.75, 3.05) is 6.61 Å². The van der Waals surface area contributed by atoms with Crippen LogP contribution >= 0.6 is 0 Å². The molecule has 2 fully saturated rings. The van der Waals surface area contributed by atoms with Gasteiger partial charge in [-0.2, -0.15) is 0 Å². The molecule has 2 aliphatic heterocycles. The fourth-order valence-corrected chi connectivity index (χ4v) is 17.0. The summed E-state index contributed by atoms with van der Waals surface area (Å²) in [6.45, 7) is 26.4. The standard InChI is InChI=1S/C34H52O5Si2/c1-12-23-34(11)30(35)29(28-27(37-34)24-36-41(39-28,32(5,6)7)33(8,9)10)38-40(31(2,3)4,25-19-15-13-16-20-25)26-21-17-14-18-22-26/h12-22,27-30,35H,1,23-24H2,2-11H3/t27-,28-,29+,30-,34+/m1/s1. The number of fused-ring (bicyclic) bond motifs is 1. The molecule has 41 heavy (non-hydrogen) atoms. The lowest BCUT2D eigenvalue weighted by atomic mass is 9.84. The second-order valence-corrected chi connectivity index (χ2v) is 24.2. The van der Waals surface area contributed by atoms with Gasteiger partial charge in [-0.15, -0.1) is 6.58 Å². The fourth-order valence-electron chi connectivity index (χ4n) is 7.31. The molecule has 2 heterocycles. The van der Waals surface area contributed by atoms with Crippen molar-refractivity contribution in [3.8, 4) is 0 Å². The summed E-state index contributed by atoms with van der Waals surface area (Å²) in [5.41, 5.74) is -0.892. The third-order valence-electron chi connectivity index (χ3n) is 9.05. The Kier molecular flexibility index (Phi) is 8.80. The number of benzene rings is 2. The van der Waals surface area contributed by atoms with Crippen LogP contribution in [0.15, 0.2) is 73.3 Å². The van der Waals surface area contributed by atoms with E-state index in [0.717, 1.165) is 0 Å². The van der Waals surface area contributed by atoms with Crippen LogP contribution in [0.1, 0.15) is 75.7 Å². The summed E-state index contributed by atoms with van der Waals surface area (Å²) in [5, 5.41) is 13.9. The minimum Gasteiger partial charge on any atom is -0.399 e. The summed E-state index contributed by atoms with van der Waals surface area (Å²) in [4.78, 5) is 0. The van der Waals surface area contributed by atoms with E-state index >= 15 is 0 Å². The number of hydrogen-bond donors (Lipinski definition) is 1. The van der Waals surface area contributed by atoms with Gasteiger partial charge in [0.15, 0.2) is 0 Å². The van der Waals surface area contributed by atoms with Gasteiger partial charge < -0.3 is 23.1 Å². The summed E-state index contributed by atoms with van der Waals surface area (Å²) in [6.07, 6.45) is -0.130. The van der Waals surface area contributed by atoms with Crippen molar-refractivity contribution in [3.05, 3.63) is 73.3 Å². The SMILES string of the molecule is C=CC[C@]1(C)O[C@@H]2CO[Si](C(C)(C)C)(C(C)(C)C)O[C@H]2[C@H](O[Si](c2ccccc2)(c2ccccc2)C(C)(C)C)[C@H]1O. The molecule has 2 aromatic rings. The van der Waals surface area contributed by atoms with Crippen LogP contribution in [0.2, 0.25) is 15.1 Å². The second-order valence-electron chi connectivity index (χ2n) is 15.2. The van der Waals surface area contributed by atoms with Gasteiger partial charge in [0.05, 0.1) is 12.2 Å². The van der Waals surface area contributed by atoms with E-state index in [-0.39, 0.29) is 21.2 Å². The van der Waals surface area contributed by atoms with Crippen LogP contribution in [-0.2, 0) is 18.0 Å². The summed E-state index contributed by atoms with van der Waals surface area (Å²) in [5.74, 6) is 0. The molecule has 0 bridgehead atoms. The maximum absolute atomic E-state index is 12.3. The first-order valence-corrected chi connectivity index (χ1v) is 18.7. The quantitative estimate of drug-likeness (QED) is 0.305. The molecule has 4 rings (SSSR count). The molecular weight excluding hydrogens is 545 g/mol. The maximum atomic E-state index is 12.3. The number of rotatable bonds is 6. The third kappa shape index (κ3) is 5.48. The predicted molar refractivity (Wildman–Crippen MR) is 173 cm³/mol. The lowest BCUT2D eigenvalue weighted by Crippen LogP contribution is -2.77. The molecule has 5 atom stereocenters. The predicted octanol–water partition coefficient (Wildman–Crippen LogP) is 6.48. The Morgan fingerprint density at radius 1 is 0.927 bits per heavy atom. The number of aliphatic hydroxyl groups is 1. The minimum absolute atomic E-state index is 0.217. The van der Waals surface area contributed by atoms with Crippen LogP contribution in [0.5, 0.6) is 0 Å². The molecule has 1 N–H and O–H groups in total. The van der Waals surface area contributed by atoms with E-state index in [1.54, 1.807) is 0 Å². The van der Waals surface area contributed by atoms with Gasteiger partial charge in [-0.25, -0.2) is 0 Å². The highest BCUT2D eigenvalue weighted by Crippen LogP contribution is 2.56. The Bertz CT molecular complexity index is 1130. The molecular formula is C34H52O5Si2. The first kappa shape index (κ1) is 32.3. The zero-order chi connectivity index (χ0) is 30.5. The van der Waals surface area contributed by atoms with Crippen LogP contribution in [0.25, 0.3) is 0 Å². The van der Waals surface area contributed by atoms with E-state index in [9.17, 15) is 5.11 Å². The molecule has 5 nitrogen and oxygen atoms in total. The Morgan fingerprint density at radius 2 is 1.41 bits per heavy atom. The van der Waals surface area contributed by atoms with E-state index in [4.69, 9.17) is 18.0 Å². The van der Waals surface area contributed by atoms with Crippen molar-refractivity contribution in [1.29, 1.82) is 0 Å². The highest BCUT2D eigenvalue weighted by molar-refractivity contribution is 6.99. The first-order valence-electron chi connectivity index (χ1n) is 15.0. The van der Waals surface area contributed by atoms with E-state index in [1.165, 1.54) is 10.4 Å². The highest BCUT2D eigenvalue weighted by atomic mass is 28.4. The van der Waals surface area contributed by atoms with Crippen LogP contribution in [0, 0.1) is 0 Å². The molecule has 0 radical (unpaired) electrons. The molecule has 0 aromatic heterocycles. The summed E-state index contributed by atoms with van der Waals surface area (Å²) < 4.78 is 28.5. The molecule has 7 heteroatoms. The van der Waals surface area contributed by atoms with Crippen molar-refractivity contribution in [2.45, 2.75) is 121 Å². The zero-order valence-corrected chi connectivity index (χ0v) is 28.9. The minimum atomic E-state index is -3.03. The van der Waals surface area contributed by atoms with Gasteiger partial charge in [0.1, 0.15) is 24.4 Å². The Morgan fingerprint density at radius 3 is 1.83 bits per heavy atom. The zero-order valence-electron chi connectivity index (χ0n) is 26.9. The van der Waals surface area contributed by atoms with Gasteiger partial charge in [0.25, 0.3) is 8.32 Å². The Hall–Kier alpha value is -1.59. The summed E-state index contributed by atoms with van der Waals surface area (Å²) >= 11 is 0. The normalized spacial score (nSPS) is 29.0. The van der Waals surface area contributed by atoms with Crippen LogP contribution < -0.4 is 10.4 Å². The van der Waals surface area contributed by atoms with Gasteiger partial charge in [-0.1, -0.05) is 129 Å². The van der Waals surface area contributed by atoms with Gasteiger partial charge in [0, 0.05) is 10.1 Å². The first-order chi connectivity index (χ1) is 18.9. The summed E-state index contributed by atoms with van der Waals surface area (Å²) in [6, 6.07) is 21.2. The Labute approximate surface area is 250 Å². The molecule has 226 valence electrons. The average molecular weight is 597 g/mol. The summed E-state index contributed by atoms with van der Waals surface area (Å²) in [7, 11) is -5.91. The van der Waals surface area contributed by atoms with E-state index < -0.39 is 40.8 Å². The molecule has 0 saturated carbocycles. The number of aliphatic hydroxyl groups excluding tert-OH is 1. The van der Waals surface area contributed by atoms with Gasteiger partial charge >= 0.3 is 8.56 Å². The van der Waals surface area contributed by atoms with Crippen LogP contribution in [0.3, 0.4) is 0 Å². The largest absolute Gasteiger partial charge is 0.399 e. The van der Waals surface area contributed by atoms with Crippen molar-refractivity contribution in [2.24, 2.45) is 0 Å². The van der Waals surface area contributed by atoms with E-state index in [1.807, 2.05) is 25.1 Å². The maximum Gasteiger partial charge on any atom is 0.349 e. The molecule has 2 aromatic carbocycles. The molecule has 0 spiro atoms. The van der Waals surface area contributed by atoms with Gasteiger partial charge in [0.2, 0.25) is 0 Å². The molecule has 2 aliphatic rings. The second kappa shape index (κ2) is 11.2. The monoisotopic (exact) mass is 596 g/mol. The molecule has 2 saturated heterocycles. The third-order valence-corrected chi connectivity index (χ3v) is 19.2. The van der Waals surface area contributed by atoms with Gasteiger partial charge in [-0.05, 0) is 28.8 Å². The topological polar surface area (TPSA) is 57.2 Å². The van der Waals surface area contributed by atoms with Gasteiger partial charge in [-0.3, -0.25) is 0 Å². The lowest BCUT2D eigenvalue weighted by Gasteiger charge is -2.60. The van der Waals surface area contributed by atoms with Crippen molar-refractivity contribution < 1.29 is 23.1 Å². The molecule has 0 unspecified atom stereocenters. The van der Waals surface area contributed by atoms with Crippen LogP contribution in [-0.4, -0.2) is 58.6 Å². The highest BCUT2D eigenvalue weighted by Gasteiger charge is 2.67. The van der Waals surface area contributed by atoms with Crippen LogP contribution in [0.4, 0.5) is 0 Å². The molecule has 0 amide bonds. The Balaban J connectivity index is 1.95. The van der Waals surface area contributed by atoms with Crippen molar-refractivity contribution in [3.63, 3.8) is 0 Å². The van der Waals surface area contributed by atoms with E-state index in [2.05, 4.69) is 117 Å². The fraction of sp³-hybridized carbons (Fsp3) is 0.588. The number of hydrogen-bond acceptors (Lipinski definition) is 5. The molecule has 0 aliphatic carbocycles. The smallest absolute Gasteiger partial charge is 0.349 e. The van der Waals surface area contributed by atoms with Crippen molar-refractivity contribution in [1.82, 2.24) is 0 Å². The average Bonchev–Trinajstić information content (AvgIpc) is 2.88. The lowest BCUT2D eigenvalue weighted by molar-refractivity contribution is -0.274. The van der Waals surface area contributed by atoms with E-state index in [0.29, 0.717) is 13.0 Å².